The third-order valence-electron chi connectivity index (χ3n) is 2.17. The van der Waals surface area contributed by atoms with Gasteiger partial charge in [-0.2, -0.15) is 0 Å². The number of carboxylic acids is 1. The highest BCUT2D eigenvalue weighted by atomic mass is 32.2. The van der Waals surface area contributed by atoms with Crippen LogP contribution in [0.4, 0.5) is 0 Å². The number of hydrogen-bond acceptors (Lipinski definition) is 4. The summed E-state index contributed by atoms with van der Waals surface area (Å²) >= 11 is 1.43. The Bertz CT molecular complexity index is 259. The van der Waals surface area contributed by atoms with E-state index in [0.29, 0.717) is 24.6 Å². The predicted molar refractivity (Wildman–Crippen MR) is 70.0 cm³/mol. The molecule has 0 aromatic rings. The molecule has 0 saturated carbocycles. The molecule has 17 heavy (non-hydrogen) atoms. The Morgan fingerprint density at radius 3 is 2.41 bits per heavy atom. The summed E-state index contributed by atoms with van der Waals surface area (Å²) in [6, 6.07) is -0.839. The van der Waals surface area contributed by atoms with E-state index >= 15 is 0 Å². The lowest BCUT2D eigenvalue weighted by Crippen LogP contribution is -2.34. The summed E-state index contributed by atoms with van der Waals surface area (Å²) in [4.78, 5) is 22.1. The maximum atomic E-state index is 11.6. The molecule has 0 aliphatic heterocycles. The molecule has 100 valence electrons. The number of nitrogens with one attached hydrogen (secondary N) is 1. The molecule has 0 rings (SSSR count). The third-order valence-corrected chi connectivity index (χ3v) is 3.35. The first-order valence-electron chi connectivity index (χ1n) is 5.72. The molecular formula is C11H22N2O3S. The second-order valence-electron chi connectivity index (χ2n) is 4.39. The monoisotopic (exact) mass is 262 g/mol. The number of aliphatic carboxylic acids is 1. The predicted octanol–water partition coefficient (Wildman–Crippen LogP) is 0.682. The van der Waals surface area contributed by atoms with Crippen molar-refractivity contribution in [2.75, 3.05) is 12.3 Å². The number of amides is 1. The molecule has 2 unspecified atom stereocenters. The van der Waals surface area contributed by atoms with E-state index in [0.717, 1.165) is 0 Å². The van der Waals surface area contributed by atoms with Gasteiger partial charge in [0.15, 0.2) is 0 Å². The molecule has 2 atom stereocenters. The van der Waals surface area contributed by atoms with Gasteiger partial charge in [-0.3, -0.25) is 9.59 Å². The Morgan fingerprint density at radius 2 is 1.94 bits per heavy atom. The van der Waals surface area contributed by atoms with Crippen LogP contribution in [0.5, 0.6) is 0 Å². The molecule has 0 bridgehead atoms. The Hall–Kier alpha value is -0.750. The van der Waals surface area contributed by atoms with Crippen molar-refractivity contribution >= 4 is 23.6 Å². The van der Waals surface area contributed by atoms with Gasteiger partial charge < -0.3 is 16.2 Å². The quantitative estimate of drug-likeness (QED) is 0.598. The molecule has 1 amide bonds. The minimum absolute atomic E-state index is 0.00686. The van der Waals surface area contributed by atoms with E-state index in [1.807, 2.05) is 20.8 Å². The number of hydrogen-bond donors (Lipinski definition) is 3. The molecule has 0 heterocycles. The molecule has 0 spiro atoms. The maximum absolute atomic E-state index is 11.6. The van der Waals surface area contributed by atoms with Crippen LogP contribution in [-0.2, 0) is 9.59 Å². The molecule has 0 aliphatic carbocycles. The number of nitrogens with two attached hydrogens (primary N) is 1. The lowest BCUT2D eigenvalue weighted by molar-refractivity contribution is -0.138. The highest BCUT2D eigenvalue weighted by Crippen LogP contribution is 2.12. The van der Waals surface area contributed by atoms with E-state index in [9.17, 15) is 9.59 Å². The Kier molecular flexibility index (Phi) is 7.99. The summed E-state index contributed by atoms with van der Waals surface area (Å²) in [7, 11) is 0. The molecule has 0 aromatic heterocycles. The highest BCUT2D eigenvalue weighted by molar-refractivity contribution is 8.00. The fourth-order valence-electron chi connectivity index (χ4n) is 1.02. The molecule has 5 nitrogen and oxygen atoms in total. The second-order valence-corrected chi connectivity index (χ2v) is 5.83. The summed E-state index contributed by atoms with van der Waals surface area (Å²) < 4.78 is 0. The number of carbonyl (C=O) groups excluding carboxylic acids is 1. The van der Waals surface area contributed by atoms with Gasteiger partial charge in [0.25, 0.3) is 0 Å². The average Bonchev–Trinajstić information content (AvgIpc) is 2.25. The molecule has 0 aliphatic rings. The van der Waals surface area contributed by atoms with Gasteiger partial charge >= 0.3 is 5.97 Å². The van der Waals surface area contributed by atoms with E-state index < -0.39 is 12.0 Å². The van der Waals surface area contributed by atoms with Crippen molar-refractivity contribution in [2.45, 2.75) is 38.5 Å². The van der Waals surface area contributed by atoms with Crippen molar-refractivity contribution in [1.29, 1.82) is 0 Å². The summed E-state index contributed by atoms with van der Waals surface area (Å²) in [5.74, 6) is -0.00399. The van der Waals surface area contributed by atoms with Crippen molar-refractivity contribution < 1.29 is 14.7 Å². The summed E-state index contributed by atoms with van der Waals surface area (Å²) in [5.41, 5.74) is 5.36. The molecule has 0 fully saturated rings. The van der Waals surface area contributed by atoms with Gasteiger partial charge in [0.2, 0.25) is 5.91 Å². The lowest BCUT2D eigenvalue weighted by atomic mass is 10.2. The van der Waals surface area contributed by atoms with E-state index in [4.69, 9.17) is 10.8 Å². The van der Waals surface area contributed by atoms with Crippen LogP contribution >= 0.6 is 11.8 Å². The minimum atomic E-state index is -0.998. The fraction of sp³-hybridized carbons (Fsp3) is 0.818. The third kappa shape index (κ3) is 8.04. The first kappa shape index (κ1) is 16.2. The number of carbonyl (C=O) groups is 2. The molecule has 0 saturated heterocycles. The van der Waals surface area contributed by atoms with Crippen LogP contribution in [0.3, 0.4) is 0 Å². The Morgan fingerprint density at radius 1 is 1.35 bits per heavy atom. The second kappa shape index (κ2) is 8.36. The Labute approximate surface area is 107 Å². The minimum Gasteiger partial charge on any atom is -0.480 e. The number of rotatable bonds is 8. The van der Waals surface area contributed by atoms with Gasteiger partial charge in [0.1, 0.15) is 6.04 Å². The number of thioether (sulfide) groups is 1. The zero-order chi connectivity index (χ0) is 13.4. The first-order valence-corrected chi connectivity index (χ1v) is 6.77. The van der Waals surface area contributed by atoms with Crippen LogP contribution in [0.15, 0.2) is 0 Å². The van der Waals surface area contributed by atoms with Crippen molar-refractivity contribution in [2.24, 2.45) is 11.7 Å². The van der Waals surface area contributed by atoms with Gasteiger partial charge in [-0.25, -0.2) is 0 Å². The van der Waals surface area contributed by atoms with Crippen LogP contribution in [-0.4, -0.2) is 40.6 Å². The van der Waals surface area contributed by atoms with Gasteiger partial charge in [-0.1, -0.05) is 13.8 Å². The summed E-state index contributed by atoms with van der Waals surface area (Å²) in [6.45, 7) is 6.54. The molecule has 0 radical (unpaired) electrons. The smallest absolute Gasteiger partial charge is 0.320 e. The molecule has 4 N–H and O–H groups in total. The van der Waals surface area contributed by atoms with Gasteiger partial charge in [0.05, 0.1) is 5.25 Å². The van der Waals surface area contributed by atoms with E-state index in [1.54, 1.807) is 0 Å². The van der Waals surface area contributed by atoms with Crippen molar-refractivity contribution in [3.63, 3.8) is 0 Å². The van der Waals surface area contributed by atoms with Gasteiger partial charge in [-0.15, -0.1) is 11.8 Å². The molecule has 0 aromatic carbocycles. The average molecular weight is 262 g/mol. The van der Waals surface area contributed by atoms with Crippen LogP contribution in [0.2, 0.25) is 0 Å². The van der Waals surface area contributed by atoms with Crippen molar-refractivity contribution in [3.05, 3.63) is 0 Å². The van der Waals surface area contributed by atoms with E-state index in [2.05, 4.69) is 5.32 Å². The van der Waals surface area contributed by atoms with Crippen LogP contribution in [0.1, 0.15) is 27.2 Å². The summed E-state index contributed by atoms with van der Waals surface area (Å²) in [5, 5.41) is 11.3. The zero-order valence-corrected chi connectivity index (χ0v) is 11.4. The van der Waals surface area contributed by atoms with E-state index in [-0.39, 0.29) is 11.2 Å². The number of carboxylic acid groups (broad SMARTS) is 1. The highest BCUT2D eigenvalue weighted by Gasteiger charge is 2.15. The SMILES string of the molecule is CC(C)CNC(=O)C(C)SCCC(N)C(=O)O. The van der Waals surface area contributed by atoms with Crippen LogP contribution in [0.25, 0.3) is 0 Å². The zero-order valence-electron chi connectivity index (χ0n) is 10.6. The Balaban J connectivity index is 3.74. The van der Waals surface area contributed by atoms with Crippen LogP contribution in [0, 0.1) is 5.92 Å². The van der Waals surface area contributed by atoms with Gasteiger partial charge in [0, 0.05) is 6.54 Å². The van der Waals surface area contributed by atoms with Gasteiger partial charge in [-0.05, 0) is 25.0 Å². The maximum Gasteiger partial charge on any atom is 0.320 e. The standard InChI is InChI=1S/C11H22N2O3S/c1-7(2)6-13-10(14)8(3)17-5-4-9(12)11(15)16/h7-9H,4-6,12H2,1-3H3,(H,13,14)(H,15,16). The normalized spacial score (nSPS) is 14.4. The first-order chi connectivity index (χ1) is 7.84. The summed E-state index contributed by atoms with van der Waals surface area (Å²) in [6.07, 6.45) is 0.377. The lowest BCUT2D eigenvalue weighted by Gasteiger charge is -2.13. The van der Waals surface area contributed by atoms with Crippen molar-refractivity contribution in [3.8, 4) is 0 Å². The molecular weight excluding hydrogens is 240 g/mol. The fourth-order valence-corrected chi connectivity index (χ4v) is 2.00. The topological polar surface area (TPSA) is 92.4 Å². The van der Waals surface area contributed by atoms with E-state index in [1.165, 1.54) is 11.8 Å². The van der Waals surface area contributed by atoms with Crippen molar-refractivity contribution in [1.82, 2.24) is 5.32 Å². The molecule has 6 heteroatoms. The van der Waals surface area contributed by atoms with Crippen LogP contribution < -0.4 is 11.1 Å². The largest absolute Gasteiger partial charge is 0.480 e.